The lowest BCUT2D eigenvalue weighted by Crippen LogP contribution is -2.53. The highest BCUT2D eigenvalue weighted by molar-refractivity contribution is 5.85. The summed E-state index contributed by atoms with van der Waals surface area (Å²) < 4.78 is 33.6. The predicted octanol–water partition coefficient (Wildman–Crippen LogP) is 3.53. The van der Waals surface area contributed by atoms with Crippen molar-refractivity contribution in [3.63, 3.8) is 0 Å². The summed E-state index contributed by atoms with van der Waals surface area (Å²) in [5.74, 6) is -6.88. The number of ether oxygens (including phenoxy) is 1. The van der Waals surface area contributed by atoms with Crippen LogP contribution in [0.1, 0.15) is 36.3 Å². The zero-order valence-corrected chi connectivity index (χ0v) is 17.8. The number of fused-ring (bicyclic) bond motifs is 3. The number of benzene rings is 2. The normalized spacial score (nSPS) is 16.2. The molecule has 7 nitrogen and oxygen atoms in total. The number of rotatable bonds is 8. The third-order valence-electron chi connectivity index (χ3n) is 6.48. The zero-order chi connectivity index (χ0) is 23.6. The molecule has 174 valence electrons. The molecule has 2 aliphatic carbocycles. The van der Waals surface area contributed by atoms with Crippen molar-refractivity contribution in [1.29, 1.82) is 0 Å². The molecule has 0 atom stereocenters. The lowest BCUT2D eigenvalue weighted by Gasteiger charge is -2.37. The summed E-state index contributed by atoms with van der Waals surface area (Å²) in [6, 6.07) is 15.4. The number of carbonyl (C=O) groups is 3. The van der Waals surface area contributed by atoms with Gasteiger partial charge in [0, 0.05) is 12.5 Å². The largest absolute Gasteiger partial charge is 0.481 e. The summed E-state index contributed by atoms with van der Waals surface area (Å²) in [5.41, 5.74) is 2.86. The Morgan fingerprint density at radius 3 is 2.09 bits per heavy atom. The van der Waals surface area contributed by atoms with Crippen molar-refractivity contribution in [2.75, 3.05) is 19.7 Å². The molecule has 33 heavy (non-hydrogen) atoms. The second-order valence-electron chi connectivity index (χ2n) is 8.51. The van der Waals surface area contributed by atoms with E-state index in [1.165, 1.54) is 0 Å². The molecule has 3 N–H and O–H groups in total. The fraction of sp³-hybridized carbons (Fsp3) is 0.375. The van der Waals surface area contributed by atoms with Crippen LogP contribution in [0.2, 0.25) is 0 Å². The molecule has 0 heterocycles. The van der Waals surface area contributed by atoms with Gasteiger partial charge in [-0.2, -0.15) is 8.78 Å². The van der Waals surface area contributed by atoms with Gasteiger partial charge in [-0.05, 0) is 35.1 Å². The molecule has 2 aromatic rings. The molecule has 0 aromatic heterocycles. The fourth-order valence-electron chi connectivity index (χ4n) is 4.36. The highest BCUT2D eigenvalue weighted by Crippen LogP contribution is 2.44. The first-order valence-electron chi connectivity index (χ1n) is 10.7. The van der Waals surface area contributed by atoms with Crippen LogP contribution in [0, 0.1) is 5.41 Å². The van der Waals surface area contributed by atoms with Crippen LogP contribution in [0.3, 0.4) is 0 Å². The van der Waals surface area contributed by atoms with E-state index in [2.05, 4.69) is 0 Å². The zero-order valence-electron chi connectivity index (χ0n) is 17.8. The minimum absolute atomic E-state index is 0.0429. The van der Waals surface area contributed by atoms with Gasteiger partial charge in [0.2, 0.25) is 0 Å². The van der Waals surface area contributed by atoms with Gasteiger partial charge in [-0.25, -0.2) is 4.79 Å². The topological polar surface area (TPSA) is 105 Å². The van der Waals surface area contributed by atoms with Crippen molar-refractivity contribution in [2.24, 2.45) is 5.41 Å². The standard InChI is InChI=1S/C24H24F2N2O5/c25-24(26,20(29)27-13-23(21(30)31)10-5-11-23)14-28-22(32)33-12-19-17-8-3-1-6-15(17)16-7-2-4-9-18(16)19/h1-4,6-9,19H,5,10-14H2,(H,27,29)(H,28,32)(H,30,31). The number of carboxylic acids is 1. The Kier molecular flexibility index (Phi) is 6.05. The molecule has 1 saturated carbocycles. The van der Waals surface area contributed by atoms with E-state index in [1.807, 2.05) is 59.2 Å². The van der Waals surface area contributed by atoms with Crippen LogP contribution >= 0.6 is 0 Å². The van der Waals surface area contributed by atoms with Gasteiger partial charge in [-0.15, -0.1) is 0 Å². The molecule has 0 bridgehead atoms. The van der Waals surface area contributed by atoms with E-state index in [1.54, 1.807) is 0 Å². The van der Waals surface area contributed by atoms with Crippen molar-refractivity contribution in [3.05, 3.63) is 59.7 Å². The smallest absolute Gasteiger partial charge is 0.407 e. The summed E-state index contributed by atoms with van der Waals surface area (Å²) >= 11 is 0. The van der Waals surface area contributed by atoms with Crippen molar-refractivity contribution in [3.8, 4) is 11.1 Å². The molecule has 0 saturated heterocycles. The minimum atomic E-state index is -3.91. The summed E-state index contributed by atoms with van der Waals surface area (Å²) in [7, 11) is 0. The number of nitrogens with one attached hydrogen (secondary N) is 2. The number of aliphatic carboxylic acids is 1. The Morgan fingerprint density at radius 1 is 1.00 bits per heavy atom. The minimum Gasteiger partial charge on any atom is -0.481 e. The molecule has 1 fully saturated rings. The van der Waals surface area contributed by atoms with Crippen LogP contribution in [-0.4, -0.2) is 48.7 Å². The van der Waals surface area contributed by atoms with Gasteiger partial charge in [-0.1, -0.05) is 55.0 Å². The van der Waals surface area contributed by atoms with Gasteiger partial charge in [0.05, 0.1) is 12.0 Å². The third-order valence-corrected chi connectivity index (χ3v) is 6.48. The first-order chi connectivity index (χ1) is 15.7. The van der Waals surface area contributed by atoms with Crippen LogP contribution in [0.25, 0.3) is 11.1 Å². The third kappa shape index (κ3) is 4.40. The number of halogens is 2. The van der Waals surface area contributed by atoms with E-state index < -0.39 is 35.9 Å². The van der Waals surface area contributed by atoms with Crippen LogP contribution in [0.15, 0.2) is 48.5 Å². The van der Waals surface area contributed by atoms with E-state index in [0.717, 1.165) is 22.3 Å². The van der Waals surface area contributed by atoms with Crippen molar-refractivity contribution in [1.82, 2.24) is 10.6 Å². The lowest BCUT2D eigenvalue weighted by molar-refractivity contribution is -0.156. The first kappa shape index (κ1) is 22.7. The predicted molar refractivity (Wildman–Crippen MR) is 115 cm³/mol. The van der Waals surface area contributed by atoms with Crippen LogP contribution in [0.5, 0.6) is 0 Å². The number of hydrogen-bond acceptors (Lipinski definition) is 4. The Hall–Kier alpha value is -3.49. The number of alkyl carbamates (subject to hydrolysis) is 1. The number of amides is 2. The monoisotopic (exact) mass is 458 g/mol. The van der Waals surface area contributed by atoms with E-state index in [4.69, 9.17) is 4.74 Å². The average Bonchev–Trinajstić information content (AvgIpc) is 3.09. The summed E-state index contributed by atoms with van der Waals surface area (Å²) in [4.78, 5) is 35.3. The molecule has 2 aromatic carbocycles. The highest BCUT2D eigenvalue weighted by Gasteiger charge is 2.47. The van der Waals surface area contributed by atoms with Crippen LogP contribution < -0.4 is 10.6 Å². The quantitative estimate of drug-likeness (QED) is 0.561. The number of hydrogen-bond donors (Lipinski definition) is 3. The van der Waals surface area contributed by atoms with Crippen molar-refractivity contribution in [2.45, 2.75) is 31.1 Å². The van der Waals surface area contributed by atoms with E-state index in [-0.39, 0.29) is 19.1 Å². The van der Waals surface area contributed by atoms with Crippen molar-refractivity contribution < 1.29 is 33.0 Å². The second kappa shape index (κ2) is 8.80. The van der Waals surface area contributed by atoms with E-state index in [0.29, 0.717) is 19.3 Å². The number of carboxylic acid groups (broad SMARTS) is 1. The van der Waals surface area contributed by atoms with Crippen molar-refractivity contribution >= 4 is 18.0 Å². The maximum Gasteiger partial charge on any atom is 0.407 e. The maximum atomic E-state index is 14.2. The van der Waals surface area contributed by atoms with Gasteiger partial charge < -0.3 is 20.5 Å². The molecule has 9 heteroatoms. The second-order valence-corrected chi connectivity index (χ2v) is 8.51. The van der Waals surface area contributed by atoms with Crippen LogP contribution in [-0.2, 0) is 14.3 Å². The first-order valence-corrected chi connectivity index (χ1v) is 10.7. The van der Waals surface area contributed by atoms with Gasteiger partial charge in [0.15, 0.2) is 0 Å². The Balaban J connectivity index is 1.30. The van der Waals surface area contributed by atoms with E-state index in [9.17, 15) is 28.3 Å². The summed E-state index contributed by atoms with van der Waals surface area (Å²) in [5, 5.41) is 13.2. The molecule has 0 unspecified atom stereocenters. The number of carbonyl (C=O) groups excluding carboxylic acids is 2. The lowest BCUT2D eigenvalue weighted by atomic mass is 9.69. The Morgan fingerprint density at radius 2 is 1.58 bits per heavy atom. The van der Waals surface area contributed by atoms with Gasteiger partial charge in [0.1, 0.15) is 6.61 Å². The van der Waals surface area contributed by atoms with Gasteiger partial charge in [0.25, 0.3) is 5.91 Å². The Bertz CT molecular complexity index is 1040. The van der Waals surface area contributed by atoms with Crippen LogP contribution in [0.4, 0.5) is 13.6 Å². The van der Waals surface area contributed by atoms with Gasteiger partial charge >= 0.3 is 18.0 Å². The molecule has 0 radical (unpaired) electrons. The maximum absolute atomic E-state index is 14.2. The summed E-state index contributed by atoms with van der Waals surface area (Å²) in [6.07, 6.45) is 0.255. The molecular formula is C24H24F2N2O5. The molecule has 0 aliphatic heterocycles. The average molecular weight is 458 g/mol. The summed E-state index contributed by atoms with van der Waals surface area (Å²) in [6.45, 7) is -1.67. The molecule has 0 spiro atoms. The Labute approximate surface area is 189 Å². The SMILES string of the molecule is O=C(NCC(F)(F)C(=O)NCC1(C(=O)O)CCC1)OCC1c2ccccc2-c2ccccc21. The molecule has 2 amide bonds. The fourth-order valence-corrected chi connectivity index (χ4v) is 4.36. The van der Waals surface area contributed by atoms with E-state index >= 15 is 0 Å². The molecular weight excluding hydrogens is 434 g/mol. The highest BCUT2D eigenvalue weighted by atomic mass is 19.3. The number of alkyl halides is 2. The molecule has 2 aliphatic rings. The van der Waals surface area contributed by atoms with Gasteiger partial charge in [-0.3, -0.25) is 9.59 Å². The molecule has 4 rings (SSSR count).